The number of unbranched alkanes of at least 4 members (excludes halogenated alkanes) is 29. The summed E-state index contributed by atoms with van der Waals surface area (Å²) in [6.07, 6.45) is 43.7. The molecular weight excluding hydrogens is 709 g/mol. The van der Waals surface area contributed by atoms with Crippen LogP contribution < -0.4 is 0 Å². The Kier molecular flexibility index (Phi) is 42.7. The summed E-state index contributed by atoms with van der Waals surface area (Å²) >= 11 is 0. The molecule has 0 bridgehead atoms. The fourth-order valence-electron chi connectivity index (χ4n) is 7.60. The van der Waals surface area contributed by atoms with E-state index >= 15 is 0 Å². The van der Waals surface area contributed by atoms with Crippen LogP contribution in [0, 0.1) is 11.8 Å². The summed E-state index contributed by atoms with van der Waals surface area (Å²) in [7, 11) is 0. The van der Waals surface area contributed by atoms with E-state index in [1.165, 1.54) is 167 Å². The number of ether oxygens (including phenoxy) is 3. The Morgan fingerprint density at radius 2 is 0.667 bits per heavy atom. The van der Waals surface area contributed by atoms with Gasteiger partial charge in [-0.25, -0.2) is 0 Å². The van der Waals surface area contributed by atoms with E-state index < -0.39 is 6.10 Å². The summed E-state index contributed by atoms with van der Waals surface area (Å²) < 4.78 is 16.8. The van der Waals surface area contributed by atoms with Crippen LogP contribution in [-0.4, -0.2) is 37.2 Å². The van der Waals surface area contributed by atoms with Gasteiger partial charge in [-0.1, -0.05) is 240 Å². The highest BCUT2D eigenvalue weighted by Crippen LogP contribution is 2.18. The van der Waals surface area contributed by atoms with Crippen molar-refractivity contribution in [3.8, 4) is 0 Å². The third kappa shape index (κ3) is 43.8. The fraction of sp³-hybridized carbons (Fsp3) is 0.941. The van der Waals surface area contributed by atoms with Crippen LogP contribution >= 0.6 is 0 Å². The second-order valence-electron chi connectivity index (χ2n) is 18.2. The zero-order valence-corrected chi connectivity index (χ0v) is 39.0. The Morgan fingerprint density at radius 1 is 0.368 bits per heavy atom. The lowest BCUT2D eigenvalue weighted by molar-refractivity contribution is -0.167. The van der Waals surface area contributed by atoms with Crippen LogP contribution in [0.4, 0.5) is 0 Å². The van der Waals surface area contributed by atoms with Gasteiger partial charge in [0, 0.05) is 19.3 Å². The van der Waals surface area contributed by atoms with Crippen LogP contribution in [0.2, 0.25) is 0 Å². The van der Waals surface area contributed by atoms with Gasteiger partial charge in [0.2, 0.25) is 0 Å². The molecule has 1 unspecified atom stereocenters. The summed E-state index contributed by atoms with van der Waals surface area (Å²) in [5.41, 5.74) is 0. The molecule has 0 aliphatic carbocycles. The Bertz CT molecular complexity index is 872. The standard InChI is InChI=1S/C51H98O6/c1-6-8-9-10-11-12-20-28-33-38-43-51(54)57-48(45-56-50(53)42-37-32-27-23-22-25-30-35-40-47(5)7-2)44-55-49(52)41-36-31-26-21-18-16-14-13-15-17-19-24-29-34-39-46(3)4/h46-48H,6-45H2,1-5H3/t47?,48-/m0/s1. The highest BCUT2D eigenvalue weighted by Gasteiger charge is 2.19. The van der Waals surface area contributed by atoms with Crippen LogP contribution in [-0.2, 0) is 28.6 Å². The molecule has 6 nitrogen and oxygen atoms in total. The molecule has 0 saturated heterocycles. The first kappa shape index (κ1) is 55.4. The Morgan fingerprint density at radius 3 is 1.00 bits per heavy atom. The van der Waals surface area contributed by atoms with Gasteiger partial charge in [-0.3, -0.25) is 14.4 Å². The molecule has 0 spiro atoms. The van der Waals surface area contributed by atoms with E-state index in [9.17, 15) is 14.4 Å². The number of carbonyl (C=O) groups is 3. The van der Waals surface area contributed by atoms with Crippen LogP contribution in [0.3, 0.4) is 0 Å². The van der Waals surface area contributed by atoms with Crippen molar-refractivity contribution in [3.05, 3.63) is 0 Å². The van der Waals surface area contributed by atoms with Gasteiger partial charge in [-0.05, 0) is 31.1 Å². The van der Waals surface area contributed by atoms with Gasteiger partial charge in [0.05, 0.1) is 0 Å². The molecule has 0 saturated carbocycles. The van der Waals surface area contributed by atoms with Crippen molar-refractivity contribution in [2.24, 2.45) is 11.8 Å². The molecule has 338 valence electrons. The lowest BCUT2D eigenvalue weighted by atomic mass is 9.99. The molecule has 2 atom stereocenters. The average Bonchev–Trinajstić information content (AvgIpc) is 3.19. The number of hydrogen-bond acceptors (Lipinski definition) is 6. The molecule has 0 rings (SSSR count). The first-order valence-electron chi connectivity index (χ1n) is 25.3. The lowest BCUT2D eigenvalue weighted by Gasteiger charge is -2.18. The van der Waals surface area contributed by atoms with E-state index in [4.69, 9.17) is 14.2 Å². The SMILES string of the molecule is CCCCCCCCCCCCC(=O)O[C@@H](COC(=O)CCCCCCCCCCCCCCCCC(C)C)COC(=O)CCCCCCCCCCC(C)CC. The Balaban J connectivity index is 4.27. The molecule has 0 fully saturated rings. The van der Waals surface area contributed by atoms with Crippen LogP contribution in [0.15, 0.2) is 0 Å². The van der Waals surface area contributed by atoms with Gasteiger partial charge in [0.15, 0.2) is 6.10 Å². The highest BCUT2D eigenvalue weighted by atomic mass is 16.6. The topological polar surface area (TPSA) is 78.9 Å². The molecule has 57 heavy (non-hydrogen) atoms. The minimum atomic E-state index is -0.761. The van der Waals surface area contributed by atoms with E-state index in [2.05, 4.69) is 34.6 Å². The molecule has 0 radical (unpaired) electrons. The smallest absolute Gasteiger partial charge is 0.306 e. The largest absolute Gasteiger partial charge is 0.462 e. The van der Waals surface area contributed by atoms with E-state index in [1.807, 2.05) is 0 Å². The maximum Gasteiger partial charge on any atom is 0.306 e. The molecule has 0 heterocycles. The minimum Gasteiger partial charge on any atom is -0.462 e. The third-order valence-electron chi connectivity index (χ3n) is 11.8. The minimum absolute atomic E-state index is 0.0641. The molecule has 0 aromatic heterocycles. The third-order valence-corrected chi connectivity index (χ3v) is 11.8. The first-order valence-corrected chi connectivity index (χ1v) is 25.3. The summed E-state index contributed by atoms with van der Waals surface area (Å²) in [4.78, 5) is 37.8. The van der Waals surface area contributed by atoms with E-state index in [1.54, 1.807) is 0 Å². The van der Waals surface area contributed by atoms with E-state index in [-0.39, 0.29) is 31.1 Å². The number of hydrogen-bond donors (Lipinski definition) is 0. The molecule has 0 N–H and O–H groups in total. The Hall–Kier alpha value is -1.59. The summed E-state index contributed by atoms with van der Waals surface area (Å²) in [5.74, 6) is 0.840. The molecule has 0 amide bonds. The van der Waals surface area contributed by atoms with Crippen LogP contribution in [0.1, 0.15) is 279 Å². The fourth-order valence-corrected chi connectivity index (χ4v) is 7.60. The molecule has 0 aliphatic rings. The van der Waals surface area contributed by atoms with Gasteiger partial charge in [-0.15, -0.1) is 0 Å². The summed E-state index contributed by atoms with van der Waals surface area (Å²) in [5, 5.41) is 0. The predicted octanol–water partition coefficient (Wildman–Crippen LogP) is 16.1. The zero-order chi connectivity index (χ0) is 41.9. The van der Waals surface area contributed by atoms with Crippen LogP contribution in [0.5, 0.6) is 0 Å². The van der Waals surface area contributed by atoms with Gasteiger partial charge in [0.1, 0.15) is 13.2 Å². The van der Waals surface area contributed by atoms with Crippen molar-refractivity contribution < 1.29 is 28.6 Å². The van der Waals surface area contributed by atoms with Gasteiger partial charge >= 0.3 is 17.9 Å². The van der Waals surface area contributed by atoms with Crippen molar-refractivity contribution in [1.29, 1.82) is 0 Å². The second-order valence-corrected chi connectivity index (χ2v) is 18.2. The van der Waals surface area contributed by atoms with Crippen LogP contribution in [0.25, 0.3) is 0 Å². The summed E-state index contributed by atoms with van der Waals surface area (Å²) in [6.45, 7) is 11.4. The maximum absolute atomic E-state index is 12.7. The van der Waals surface area contributed by atoms with Gasteiger partial charge < -0.3 is 14.2 Å². The quantitative estimate of drug-likeness (QED) is 0.0346. The van der Waals surface area contributed by atoms with Gasteiger partial charge in [0.25, 0.3) is 0 Å². The number of carbonyl (C=O) groups excluding carboxylic acids is 3. The monoisotopic (exact) mass is 807 g/mol. The van der Waals surface area contributed by atoms with Gasteiger partial charge in [-0.2, -0.15) is 0 Å². The maximum atomic E-state index is 12.7. The predicted molar refractivity (Wildman–Crippen MR) is 243 cm³/mol. The average molecular weight is 807 g/mol. The normalized spacial score (nSPS) is 12.5. The molecule has 0 aliphatic heterocycles. The molecule has 0 aromatic rings. The van der Waals surface area contributed by atoms with Crippen molar-refractivity contribution in [3.63, 3.8) is 0 Å². The van der Waals surface area contributed by atoms with Crippen molar-refractivity contribution in [2.75, 3.05) is 13.2 Å². The molecule has 0 aromatic carbocycles. The van der Waals surface area contributed by atoms with Crippen molar-refractivity contribution >= 4 is 17.9 Å². The lowest BCUT2D eigenvalue weighted by Crippen LogP contribution is -2.30. The van der Waals surface area contributed by atoms with E-state index in [0.717, 1.165) is 69.6 Å². The number of esters is 3. The van der Waals surface area contributed by atoms with Crippen molar-refractivity contribution in [2.45, 2.75) is 285 Å². The zero-order valence-electron chi connectivity index (χ0n) is 39.0. The Labute approximate surface area is 355 Å². The van der Waals surface area contributed by atoms with E-state index in [0.29, 0.717) is 19.3 Å². The molecule has 6 heteroatoms. The first-order chi connectivity index (χ1) is 27.8. The molecular formula is C51H98O6. The summed E-state index contributed by atoms with van der Waals surface area (Å²) in [6, 6.07) is 0. The second kappa shape index (κ2) is 44.0. The van der Waals surface area contributed by atoms with Crippen molar-refractivity contribution in [1.82, 2.24) is 0 Å². The highest BCUT2D eigenvalue weighted by molar-refractivity contribution is 5.71. The number of rotatable bonds is 45.